The van der Waals surface area contributed by atoms with Gasteiger partial charge in [-0.1, -0.05) is 20.8 Å². The third-order valence-corrected chi connectivity index (χ3v) is 2.57. The quantitative estimate of drug-likeness (QED) is 0.796. The number of hydrogen-bond acceptors (Lipinski definition) is 3. The minimum atomic E-state index is -1.03. The summed E-state index contributed by atoms with van der Waals surface area (Å²) >= 11 is 0. The third kappa shape index (κ3) is 3.58. The summed E-state index contributed by atoms with van der Waals surface area (Å²) in [6, 6.07) is -0.882. The van der Waals surface area contributed by atoms with Gasteiger partial charge in [0.15, 0.2) is 0 Å². The Balaban J connectivity index is 2.71. The molecule has 0 aromatic carbocycles. The van der Waals surface area contributed by atoms with Crippen molar-refractivity contribution in [2.75, 3.05) is 0 Å². The summed E-state index contributed by atoms with van der Waals surface area (Å²) in [6.45, 7) is 6.25. The lowest BCUT2D eigenvalue weighted by Crippen LogP contribution is -2.44. The van der Waals surface area contributed by atoms with Crippen LogP contribution in [0.4, 0.5) is 0 Å². The average Bonchev–Trinajstić information content (AvgIpc) is 2.73. The van der Waals surface area contributed by atoms with Crippen LogP contribution < -0.4 is 5.32 Å². The van der Waals surface area contributed by atoms with Crippen LogP contribution in [0.2, 0.25) is 0 Å². The molecule has 1 heterocycles. The molecule has 0 aliphatic heterocycles. The summed E-state index contributed by atoms with van der Waals surface area (Å²) in [4.78, 5) is 22.8. The van der Waals surface area contributed by atoms with E-state index in [9.17, 15) is 9.59 Å². The van der Waals surface area contributed by atoms with Crippen molar-refractivity contribution >= 4 is 11.9 Å². The topological polar surface area (TPSA) is 84.2 Å². The maximum atomic E-state index is 11.9. The molecule has 1 rings (SSSR count). The Bertz CT molecular complexity index is 426. The van der Waals surface area contributed by atoms with Crippen LogP contribution in [0, 0.1) is 5.92 Å². The summed E-state index contributed by atoms with van der Waals surface area (Å²) in [5, 5.41) is 15.5. The molecular weight excluding hydrogens is 234 g/mol. The highest BCUT2D eigenvalue weighted by Gasteiger charge is 2.24. The van der Waals surface area contributed by atoms with Gasteiger partial charge in [0.25, 0.3) is 5.91 Å². The van der Waals surface area contributed by atoms with Gasteiger partial charge < -0.3 is 10.4 Å². The molecule has 18 heavy (non-hydrogen) atoms. The number of carboxylic acids is 1. The molecule has 0 fully saturated rings. The lowest BCUT2D eigenvalue weighted by atomic mass is 10.0. The second kappa shape index (κ2) is 6.18. The van der Waals surface area contributed by atoms with Crippen LogP contribution in [0.15, 0.2) is 12.4 Å². The van der Waals surface area contributed by atoms with E-state index in [4.69, 9.17) is 5.11 Å². The number of carbonyl (C=O) groups excluding carboxylic acids is 1. The second-order valence-electron chi connectivity index (χ2n) is 4.53. The standard InChI is InChI=1S/C12H19N3O3/c1-4-5-15-7-9(6-13-15)11(16)14-10(8(2)3)12(17)18/h6-8,10H,4-5H2,1-3H3,(H,14,16)(H,17,18). The van der Waals surface area contributed by atoms with E-state index in [0.29, 0.717) is 5.56 Å². The van der Waals surface area contributed by atoms with Crippen molar-refractivity contribution in [3.63, 3.8) is 0 Å². The molecule has 1 aromatic heterocycles. The monoisotopic (exact) mass is 253 g/mol. The van der Waals surface area contributed by atoms with Crippen molar-refractivity contribution < 1.29 is 14.7 Å². The molecule has 0 saturated heterocycles. The van der Waals surface area contributed by atoms with E-state index in [0.717, 1.165) is 13.0 Å². The number of nitrogens with one attached hydrogen (secondary N) is 1. The third-order valence-electron chi connectivity index (χ3n) is 2.57. The molecule has 1 atom stereocenters. The van der Waals surface area contributed by atoms with Gasteiger partial charge in [0.05, 0.1) is 11.8 Å². The predicted octanol–water partition coefficient (Wildman–Crippen LogP) is 1.13. The first-order valence-electron chi connectivity index (χ1n) is 6.01. The fraction of sp³-hybridized carbons (Fsp3) is 0.583. The minimum absolute atomic E-state index is 0.169. The van der Waals surface area contributed by atoms with Crippen molar-refractivity contribution in [3.05, 3.63) is 18.0 Å². The highest BCUT2D eigenvalue weighted by molar-refractivity contribution is 5.96. The molecule has 1 unspecified atom stereocenters. The Morgan fingerprint density at radius 2 is 2.17 bits per heavy atom. The molecule has 2 N–H and O–H groups in total. The Morgan fingerprint density at radius 3 is 2.67 bits per heavy atom. The predicted molar refractivity (Wildman–Crippen MR) is 66.2 cm³/mol. The first-order valence-corrected chi connectivity index (χ1v) is 6.01. The molecule has 1 amide bonds. The largest absolute Gasteiger partial charge is 0.480 e. The number of amides is 1. The number of rotatable bonds is 6. The molecule has 0 aliphatic rings. The molecule has 100 valence electrons. The molecule has 6 heteroatoms. The van der Waals surface area contributed by atoms with Crippen molar-refractivity contribution in [1.82, 2.24) is 15.1 Å². The number of hydrogen-bond donors (Lipinski definition) is 2. The maximum Gasteiger partial charge on any atom is 0.326 e. The van der Waals surface area contributed by atoms with Crippen LogP contribution in [0.25, 0.3) is 0 Å². The zero-order chi connectivity index (χ0) is 13.7. The van der Waals surface area contributed by atoms with Crippen molar-refractivity contribution in [2.45, 2.75) is 39.8 Å². The van der Waals surface area contributed by atoms with Crippen LogP contribution in [-0.2, 0) is 11.3 Å². The van der Waals surface area contributed by atoms with Crippen molar-refractivity contribution in [2.24, 2.45) is 5.92 Å². The molecule has 0 spiro atoms. The molecule has 0 radical (unpaired) electrons. The van der Waals surface area contributed by atoms with Gasteiger partial charge in [0.2, 0.25) is 0 Å². The Morgan fingerprint density at radius 1 is 1.50 bits per heavy atom. The van der Waals surface area contributed by atoms with E-state index in [2.05, 4.69) is 10.4 Å². The number of aromatic nitrogens is 2. The van der Waals surface area contributed by atoms with E-state index in [1.807, 2.05) is 6.92 Å². The second-order valence-corrected chi connectivity index (χ2v) is 4.53. The molecule has 1 aromatic rings. The highest BCUT2D eigenvalue weighted by atomic mass is 16.4. The van der Waals surface area contributed by atoms with E-state index in [1.54, 1.807) is 24.7 Å². The van der Waals surface area contributed by atoms with Crippen LogP contribution >= 0.6 is 0 Å². The Hall–Kier alpha value is -1.85. The minimum Gasteiger partial charge on any atom is -0.480 e. The average molecular weight is 253 g/mol. The SMILES string of the molecule is CCCn1cc(C(=O)NC(C(=O)O)C(C)C)cn1. The smallest absolute Gasteiger partial charge is 0.326 e. The van der Waals surface area contributed by atoms with Crippen LogP contribution in [0.1, 0.15) is 37.6 Å². The van der Waals surface area contributed by atoms with Crippen LogP contribution in [-0.4, -0.2) is 32.8 Å². The van der Waals surface area contributed by atoms with Crippen LogP contribution in [0.3, 0.4) is 0 Å². The van der Waals surface area contributed by atoms with Gasteiger partial charge in [-0.3, -0.25) is 9.48 Å². The Kier molecular flexibility index (Phi) is 4.88. The fourth-order valence-electron chi connectivity index (χ4n) is 1.57. The van der Waals surface area contributed by atoms with Gasteiger partial charge in [-0.2, -0.15) is 5.10 Å². The summed E-state index contributed by atoms with van der Waals surface area (Å²) < 4.78 is 1.67. The lowest BCUT2D eigenvalue weighted by Gasteiger charge is -2.17. The van der Waals surface area contributed by atoms with Gasteiger partial charge in [-0.05, 0) is 12.3 Å². The first-order chi connectivity index (χ1) is 8.45. The van der Waals surface area contributed by atoms with Gasteiger partial charge in [-0.15, -0.1) is 0 Å². The lowest BCUT2D eigenvalue weighted by molar-refractivity contribution is -0.140. The number of carbonyl (C=O) groups is 2. The molecule has 0 aliphatic carbocycles. The summed E-state index contributed by atoms with van der Waals surface area (Å²) in [5.74, 6) is -1.60. The van der Waals surface area contributed by atoms with Crippen LogP contribution in [0.5, 0.6) is 0 Å². The van der Waals surface area contributed by atoms with Gasteiger partial charge >= 0.3 is 5.97 Å². The fourth-order valence-corrected chi connectivity index (χ4v) is 1.57. The number of carboxylic acid groups (broad SMARTS) is 1. The molecule has 6 nitrogen and oxygen atoms in total. The van der Waals surface area contributed by atoms with E-state index >= 15 is 0 Å². The zero-order valence-electron chi connectivity index (χ0n) is 10.9. The highest BCUT2D eigenvalue weighted by Crippen LogP contribution is 2.05. The number of aryl methyl sites for hydroxylation is 1. The maximum absolute atomic E-state index is 11.9. The summed E-state index contributed by atoms with van der Waals surface area (Å²) in [6.07, 6.45) is 3.99. The normalized spacial score (nSPS) is 12.4. The zero-order valence-corrected chi connectivity index (χ0v) is 10.9. The number of nitrogens with zero attached hydrogens (tertiary/aromatic N) is 2. The molecule has 0 saturated carbocycles. The van der Waals surface area contributed by atoms with Crippen molar-refractivity contribution in [1.29, 1.82) is 0 Å². The van der Waals surface area contributed by atoms with E-state index in [-0.39, 0.29) is 5.92 Å². The molecule has 0 bridgehead atoms. The van der Waals surface area contributed by atoms with Gasteiger partial charge in [0.1, 0.15) is 6.04 Å². The van der Waals surface area contributed by atoms with E-state index in [1.165, 1.54) is 6.20 Å². The van der Waals surface area contributed by atoms with Crippen molar-refractivity contribution in [3.8, 4) is 0 Å². The van der Waals surface area contributed by atoms with Gasteiger partial charge in [-0.25, -0.2) is 4.79 Å². The van der Waals surface area contributed by atoms with Gasteiger partial charge in [0, 0.05) is 12.7 Å². The summed E-state index contributed by atoms with van der Waals surface area (Å²) in [7, 11) is 0. The van der Waals surface area contributed by atoms with E-state index < -0.39 is 17.9 Å². The Labute approximate surface area is 106 Å². The summed E-state index contributed by atoms with van der Waals surface area (Å²) in [5.41, 5.74) is 0.385. The molecular formula is C12H19N3O3. The number of aliphatic carboxylic acids is 1. The first kappa shape index (κ1) is 14.2.